The molecule has 0 spiro atoms. The van der Waals surface area contributed by atoms with Crippen molar-refractivity contribution in [2.45, 2.75) is 17.7 Å². The Hall–Kier alpha value is -3.56. The van der Waals surface area contributed by atoms with Gasteiger partial charge in [0, 0.05) is 50.0 Å². The normalized spacial score (nSPS) is 13.5. The summed E-state index contributed by atoms with van der Waals surface area (Å²) in [5, 5.41) is 2.84. The summed E-state index contributed by atoms with van der Waals surface area (Å²) >= 11 is 0. The van der Waals surface area contributed by atoms with E-state index in [1.807, 2.05) is 6.07 Å². The summed E-state index contributed by atoms with van der Waals surface area (Å²) in [4.78, 5) is 31.6. The molecule has 0 atom stereocenters. The van der Waals surface area contributed by atoms with Gasteiger partial charge in [-0.25, -0.2) is 12.7 Å². The average Bonchev–Trinajstić information content (AvgIpc) is 2.83. The maximum absolute atomic E-state index is 13.0. The van der Waals surface area contributed by atoms with E-state index < -0.39 is 10.0 Å². The Bertz CT molecular complexity index is 1290. The molecule has 2 amide bonds. The van der Waals surface area contributed by atoms with E-state index in [0.717, 1.165) is 28.4 Å². The zero-order valence-corrected chi connectivity index (χ0v) is 19.2. The van der Waals surface area contributed by atoms with Crippen LogP contribution in [0.3, 0.4) is 0 Å². The van der Waals surface area contributed by atoms with Gasteiger partial charge >= 0.3 is 0 Å². The van der Waals surface area contributed by atoms with Gasteiger partial charge in [-0.2, -0.15) is 0 Å². The highest BCUT2D eigenvalue weighted by Gasteiger charge is 2.24. The Labute approximate surface area is 192 Å². The second-order valence-corrected chi connectivity index (χ2v) is 10.1. The molecule has 1 aromatic heterocycles. The van der Waals surface area contributed by atoms with E-state index in [9.17, 15) is 18.0 Å². The predicted molar refractivity (Wildman–Crippen MR) is 126 cm³/mol. The van der Waals surface area contributed by atoms with Crippen LogP contribution in [0, 0.1) is 0 Å². The van der Waals surface area contributed by atoms with Crippen molar-refractivity contribution in [3.05, 3.63) is 83.7 Å². The Morgan fingerprint density at radius 1 is 1.03 bits per heavy atom. The summed E-state index contributed by atoms with van der Waals surface area (Å²) in [6.45, 7) is 0.583. The number of benzene rings is 2. The first-order valence-corrected chi connectivity index (χ1v) is 11.9. The number of pyridine rings is 1. The van der Waals surface area contributed by atoms with Gasteiger partial charge in [0.2, 0.25) is 10.0 Å². The zero-order chi connectivity index (χ0) is 23.6. The van der Waals surface area contributed by atoms with Crippen LogP contribution >= 0.6 is 0 Å². The maximum atomic E-state index is 13.0. The number of carbonyl (C=O) groups excluding carboxylic acids is 2. The standard InChI is InChI=1S/C24H24N4O4S/c1-27(2)33(31,32)21-11-8-18(9-12-21)23(29)26-20-10-7-17-6-4-14-28(22(17)15-20)24(30)19-5-3-13-25-16-19/h3,5,7-13,15-16H,4,6,14H2,1-2H3,(H,26,29). The molecule has 0 saturated carbocycles. The lowest BCUT2D eigenvalue weighted by atomic mass is 10.00. The molecule has 9 heteroatoms. The first kappa shape index (κ1) is 22.6. The molecule has 3 aromatic rings. The Kier molecular flexibility index (Phi) is 6.26. The van der Waals surface area contributed by atoms with Crippen LogP contribution in [0.1, 0.15) is 32.7 Å². The zero-order valence-electron chi connectivity index (χ0n) is 18.4. The van der Waals surface area contributed by atoms with Crippen LogP contribution in [0.15, 0.2) is 71.9 Å². The second-order valence-electron chi connectivity index (χ2n) is 7.91. The van der Waals surface area contributed by atoms with Crippen LogP contribution in [-0.2, 0) is 16.4 Å². The third-order valence-electron chi connectivity index (χ3n) is 5.51. The minimum Gasteiger partial charge on any atom is -0.322 e. The van der Waals surface area contributed by atoms with Crippen molar-refractivity contribution in [1.82, 2.24) is 9.29 Å². The summed E-state index contributed by atoms with van der Waals surface area (Å²) in [7, 11) is -0.661. The fourth-order valence-corrected chi connectivity index (χ4v) is 4.60. The summed E-state index contributed by atoms with van der Waals surface area (Å²) in [5.41, 5.74) is 3.19. The number of sulfonamides is 1. The fraction of sp³-hybridized carbons (Fsp3) is 0.208. The van der Waals surface area contributed by atoms with E-state index >= 15 is 0 Å². The van der Waals surface area contributed by atoms with Crippen molar-refractivity contribution < 1.29 is 18.0 Å². The number of aryl methyl sites for hydroxylation is 1. The van der Waals surface area contributed by atoms with E-state index in [-0.39, 0.29) is 16.7 Å². The monoisotopic (exact) mass is 464 g/mol. The van der Waals surface area contributed by atoms with Crippen molar-refractivity contribution >= 4 is 33.2 Å². The molecule has 0 fully saturated rings. The molecule has 2 heterocycles. The van der Waals surface area contributed by atoms with Gasteiger partial charge in [0.1, 0.15) is 0 Å². The molecular weight excluding hydrogens is 440 g/mol. The smallest absolute Gasteiger partial charge is 0.259 e. The average molecular weight is 465 g/mol. The largest absolute Gasteiger partial charge is 0.322 e. The predicted octanol–water partition coefficient (Wildman–Crippen LogP) is 3.18. The van der Waals surface area contributed by atoms with Gasteiger partial charge < -0.3 is 10.2 Å². The quantitative estimate of drug-likeness (QED) is 0.625. The summed E-state index contributed by atoms with van der Waals surface area (Å²) in [6, 6.07) is 14.7. The number of hydrogen-bond acceptors (Lipinski definition) is 5. The van der Waals surface area contributed by atoms with Gasteiger partial charge in [0.15, 0.2) is 0 Å². The van der Waals surface area contributed by atoms with E-state index in [0.29, 0.717) is 23.4 Å². The fourth-order valence-electron chi connectivity index (χ4n) is 3.70. The van der Waals surface area contributed by atoms with Crippen LogP contribution in [0.5, 0.6) is 0 Å². The van der Waals surface area contributed by atoms with Crippen molar-refractivity contribution in [2.75, 3.05) is 30.9 Å². The minimum atomic E-state index is -3.57. The van der Waals surface area contributed by atoms with E-state index in [2.05, 4.69) is 10.3 Å². The summed E-state index contributed by atoms with van der Waals surface area (Å²) in [5.74, 6) is -0.505. The van der Waals surface area contributed by atoms with Gasteiger partial charge in [-0.05, 0) is 66.9 Å². The number of aromatic nitrogens is 1. The van der Waals surface area contributed by atoms with Crippen LogP contribution in [0.25, 0.3) is 0 Å². The van der Waals surface area contributed by atoms with Gasteiger partial charge in [0.25, 0.3) is 11.8 Å². The SMILES string of the molecule is CN(C)S(=O)(=O)c1ccc(C(=O)Nc2ccc3c(c2)N(C(=O)c2cccnc2)CCC3)cc1. The van der Waals surface area contributed by atoms with Gasteiger partial charge in [-0.15, -0.1) is 0 Å². The van der Waals surface area contributed by atoms with Crippen LogP contribution in [-0.4, -0.2) is 50.2 Å². The third-order valence-corrected chi connectivity index (χ3v) is 7.34. The number of carbonyl (C=O) groups is 2. The van der Waals surface area contributed by atoms with E-state index in [1.54, 1.807) is 41.6 Å². The molecule has 1 aliphatic heterocycles. The van der Waals surface area contributed by atoms with Gasteiger partial charge in [0.05, 0.1) is 10.5 Å². The molecule has 33 heavy (non-hydrogen) atoms. The summed E-state index contributed by atoms with van der Waals surface area (Å²) in [6.07, 6.45) is 4.87. The number of nitrogens with zero attached hydrogens (tertiary/aromatic N) is 3. The highest BCUT2D eigenvalue weighted by atomic mass is 32.2. The molecule has 0 radical (unpaired) electrons. The first-order chi connectivity index (χ1) is 15.8. The number of fused-ring (bicyclic) bond motifs is 1. The van der Waals surface area contributed by atoms with Crippen molar-refractivity contribution in [2.24, 2.45) is 0 Å². The highest BCUT2D eigenvalue weighted by molar-refractivity contribution is 7.89. The third kappa shape index (κ3) is 4.64. The Morgan fingerprint density at radius 3 is 2.45 bits per heavy atom. The van der Waals surface area contributed by atoms with E-state index in [4.69, 9.17) is 0 Å². The molecule has 1 N–H and O–H groups in total. The molecule has 170 valence electrons. The molecular formula is C24H24N4O4S. The highest BCUT2D eigenvalue weighted by Crippen LogP contribution is 2.31. The molecule has 0 saturated heterocycles. The Balaban J connectivity index is 1.55. The lowest BCUT2D eigenvalue weighted by Gasteiger charge is -2.30. The maximum Gasteiger partial charge on any atom is 0.259 e. The molecule has 4 rings (SSSR count). The molecule has 2 aromatic carbocycles. The van der Waals surface area contributed by atoms with Crippen molar-refractivity contribution in [1.29, 1.82) is 0 Å². The second kappa shape index (κ2) is 9.13. The van der Waals surface area contributed by atoms with Crippen LogP contribution in [0.2, 0.25) is 0 Å². The topological polar surface area (TPSA) is 99.7 Å². The van der Waals surface area contributed by atoms with Crippen LogP contribution < -0.4 is 10.2 Å². The van der Waals surface area contributed by atoms with Crippen LogP contribution in [0.4, 0.5) is 11.4 Å². The van der Waals surface area contributed by atoms with Crippen molar-refractivity contribution in [3.8, 4) is 0 Å². The molecule has 0 aliphatic carbocycles. The molecule has 8 nitrogen and oxygen atoms in total. The first-order valence-electron chi connectivity index (χ1n) is 10.5. The number of anilines is 2. The molecule has 1 aliphatic rings. The minimum absolute atomic E-state index is 0.113. The Morgan fingerprint density at radius 2 is 1.79 bits per heavy atom. The van der Waals surface area contributed by atoms with Crippen molar-refractivity contribution in [3.63, 3.8) is 0 Å². The summed E-state index contributed by atoms with van der Waals surface area (Å²) < 4.78 is 25.6. The van der Waals surface area contributed by atoms with E-state index in [1.165, 1.54) is 38.4 Å². The number of rotatable bonds is 5. The lowest BCUT2D eigenvalue weighted by Crippen LogP contribution is -2.35. The van der Waals surface area contributed by atoms with Gasteiger partial charge in [-0.1, -0.05) is 6.07 Å². The molecule has 0 bridgehead atoms. The number of hydrogen-bond donors (Lipinski definition) is 1. The van der Waals surface area contributed by atoms with Gasteiger partial charge in [-0.3, -0.25) is 14.6 Å². The number of amides is 2. The lowest BCUT2D eigenvalue weighted by molar-refractivity contribution is 0.0983. The molecule has 0 unspecified atom stereocenters. The number of nitrogens with one attached hydrogen (secondary N) is 1.